The molecule has 5 nitrogen and oxygen atoms in total. The van der Waals surface area contributed by atoms with E-state index in [4.69, 9.17) is 11.6 Å². The van der Waals surface area contributed by atoms with E-state index in [1.165, 1.54) is 25.5 Å². The molecule has 0 amide bonds. The van der Waals surface area contributed by atoms with Crippen LogP contribution in [-0.2, 0) is 10.0 Å². The normalized spacial score (nSPS) is 11.7. The van der Waals surface area contributed by atoms with E-state index in [9.17, 15) is 8.42 Å². The minimum absolute atomic E-state index is 0.0104. The Morgan fingerprint density at radius 1 is 1.53 bits per heavy atom. The maximum atomic E-state index is 11.8. The van der Waals surface area contributed by atoms with Gasteiger partial charge in [0.1, 0.15) is 4.90 Å². The molecule has 0 atom stereocenters. The van der Waals surface area contributed by atoms with Gasteiger partial charge in [-0.3, -0.25) is 0 Å². The average molecular weight is 248 g/mol. The summed E-state index contributed by atoms with van der Waals surface area (Å²) in [5, 5.41) is 0.0142. The van der Waals surface area contributed by atoms with E-state index in [0.29, 0.717) is 0 Å². The number of aromatic nitrogens is 2. The van der Waals surface area contributed by atoms with E-state index in [1.807, 2.05) is 0 Å². The van der Waals surface area contributed by atoms with Crippen molar-refractivity contribution in [2.45, 2.75) is 4.90 Å². The first-order chi connectivity index (χ1) is 6.98. The summed E-state index contributed by atoms with van der Waals surface area (Å²) in [4.78, 5) is 7.23. The van der Waals surface area contributed by atoms with Crippen LogP contribution < -0.4 is 0 Å². The van der Waals surface area contributed by atoms with Gasteiger partial charge in [0.2, 0.25) is 15.3 Å². The second-order valence-electron chi connectivity index (χ2n) is 2.76. The van der Waals surface area contributed by atoms with E-state index in [-0.39, 0.29) is 16.7 Å². The van der Waals surface area contributed by atoms with Crippen LogP contribution in [0.4, 0.5) is 0 Å². The van der Waals surface area contributed by atoms with Crippen LogP contribution in [0, 0.1) is 0 Å². The monoisotopic (exact) mass is 247 g/mol. The Hall–Kier alpha value is -0.980. The topological polar surface area (TPSA) is 63.2 Å². The molecular weight excluding hydrogens is 238 g/mol. The van der Waals surface area contributed by atoms with Gasteiger partial charge in [0.15, 0.2) is 0 Å². The van der Waals surface area contributed by atoms with Gasteiger partial charge in [-0.05, 0) is 11.6 Å². The van der Waals surface area contributed by atoms with Crippen LogP contribution in [0.25, 0.3) is 0 Å². The molecule has 0 aromatic carbocycles. The molecule has 1 aromatic rings. The SMILES string of the molecule is C=CCN(C)S(=O)(=O)c1cnc(Cl)nc1. The summed E-state index contributed by atoms with van der Waals surface area (Å²) in [5.74, 6) is 0. The lowest BCUT2D eigenvalue weighted by Gasteiger charge is -2.14. The lowest BCUT2D eigenvalue weighted by molar-refractivity contribution is 0.498. The number of hydrogen-bond acceptors (Lipinski definition) is 4. The zero-order chi connectivity index (χ0) is 11.5. The molecule has 0 N–H and O–H groups in total. The first-order valence-electron chi connectivity index (χ1n) is 4.03. The highest BCUT2D eigenvalue weighted by Gasteiger charge is 2.20. The summed E-state index contributed by atoms with van der Waals surface area (Å²) >= 11 is 5.46. The number of nitrogens with zero attached hydrogens (tertiary/aromatic N) is 3. The summed E-state index contributed by atoms with van der Waals surface area (Å²) in [6, 6.07) is 0. The standard InChI is InChI=1S/C8H10ClN3O2S/c1-3-4-12(2)15(13,14)7-5-10-8(9)11-6-7/h3,5-6H,1,4H2,2H3. The number of sulfonamides is 1. The van der Waals surface area contributed by atoms with Gasteiger partial charge in [0, 0.05) is 13.6 Å². The Morgan fingerprint density at radius 3 is 2.53 bits per heavy atom. The molecular formula is C8H10ClN3O2S. The third kappa shape index (κ3) is 2.74. The van der Waals surface area contributed by atoms with Crippen LogP contribution in [-0.4, -0.2) is 36.3 Å². The van der Waals surface area contributed by atoms with Crippen molar-refractivity contribution in [1.82, 2.24) is 14.3 Å². The van der Waals surface area contributed by atoms with Crippen LogP contribution in [0.3, 0.4) is 0 Å². The van der Waals surface area contributed by atoms with Crippen LogP contribution in [0.15, 0.2) is 29.9 Å². The lowest BCUT2D eigenvalue weighted by Crippen LogP contribution is -2.27. The first-order valence-corrected chi connectivity index (χ1v) is 5.85. The van der Waals surface area contributed by atoms with Crippen LogP contribution >= 0.6 is 11.6 Å². The smallest absolute Gasteiger partial charge is 0.225 e. The molecule has 0 radical (unpaired) electrons. The highest BCUT2D eigenvalue weighted by molar-refractivity contribution is 7.89. The number of likely N-dealkylation sites (N-methyl/N-ethyl adjacent to an activating group) is 1. The number of rotatable bonds is 4. The molecule has 0 aliphatic rings. The van der Waals surface area contributed by atoms with Crippen molar-refractivity contribution in [1.29, 1.82) is 0 Å². The molecule has 0 aliphatic carbocycles. The van der Waals surface area contributed by atoms with Crippen LogP contribution in [0.2, 0.25) is 5.28 Å². The molecule has 0 fully saturated rings. The number of halogens is 1. The summed E-state index contributed by atoms with van der Waals surface area (Å²) in [7, 11) is -2.09. The molecule has 0 saturated heterocycles. The minimum atomic E-state index is -3.54. The third-order valence-corrected chi connectivity index (χ3v) is 3.66. The molecule has 0 bridgehead atoms. The summed E-state index contributed by atoms with van der Waals surface area (Å²) in [5.41, 5.74) is 0. The van der Waals surface area contributed by atoms with Crippen molar-refractivity contribution in [2.24, 2.45) is 0 Å². The molecule has 0 spiro atoms. The fourth-order valence-corrected chi connectivity index (χ4v) is 2.02. The zero-order valence-electron chi connectivity index (χ0n) is 8.09. The summed E-state index contributed by atoms with van der Waals surface area (Å²) in [6.45, 7) is 3.69. The van der Waals surface area contributed by atoms with Crippen molar-refractivity contribution >= 4 is 21.6 Å². The van der Waals surface area contributed by atoms with E-state index in [2.05, 4.69) is 16.5 Å². The van der Waals surface area contributed by atoms with Crippen molar-refractivity contribution in [3.05, 3.63) is 30.3 Å². The molecule has 0 aliphatic heterocycles. The van der Waals surface area contributed by atoms with Gasteiger partial charge in [-0.1, -0.05) is 6.08 Å². The Bertz CT molecular complexity index is 443. The van der Waals surface area contributed by atoms with Crippen molar-refractivity contribution in [3.8, 4) is 0 Å². The number of hydrogen-bond donors (Lipinski definition) is 0. The Balaban J connectivity index is 3.06. The third-order valence-electron chi connectivity index (χ3n) is 1.69. The predicted molar refractivity (Wildman–Crippen MR) is 57.1 cm³/mol. The molecule has 0 saturated carbocycles. The fraction of sp³-hybridized carbons (Fsp3) is 0.250. The molecule has 7 heteroatoms. The highest BCUT2D eigenvalue weighted by Crippen LogP contribution is 2.12. The fourth-order valence-electron chi connectivity index (χ4n) is 0.894. The second-order valence-corrected chi connectivity index (χ2v) is 5.14. The van der Waals surface area contributed by atoms with Gasteiger partial charge in [0.05, 0.1) is 12.4 Å². The van der Waals surface area contributed by atoms with Gasteiger partial charge < -0.3 is 0 Å². The van der Waals surface area contributed by atoms with E-state index >= 15 is 0 Å². The maximum Gasteiger partial charge on any atom is 0.246 e. The second kappa shape index (κ2) is 4.69. The summed E-state index contributed by atoms with van der Waals surface area (Å²) in [6.07, 6.45) is 3.84. The van der Waals surface area contributed by atoms with Gasteiger partial charge in [-0.2, -0.15) is 4.31 Å². The first kappa shape index (κ1) is 12.1. The van der Waals surface area contributed by atoms with Gasteiger partial charge in [-0.15, -0.1) is 6.58 Å². The van der Waals surface area contributed by atoms with E-state index in [0.717, 1.165) is 4.31 Å². The van der Waals surface area contributed by atoms with Gasteiger partial charge >= 0.3 is 0 Å². The molecule has 82 valence electrons. The van der Waals surface area contributed by atoms with Gasteiger partial charge in [0.25, 0.3) is 0 Å². The molecule has 1 rings (SSSR count). The molecule has 1 heterocycles. The molecule has 1 aromatic heterocycles. The summed E-state index contributed by atoms with van der Waals surface area (Å²) < 4.78 is 24.7. The highest BCUT2D eigenvalue weighted by atomic mass is 35.5. The maximum absolute atomic E-state index is 11.8. The zero-order valence-corrected chi connectivity index (χ0v) is 9.66. The van der Waals surface area contributed by atoms with E-state index < -0.39 is 10.0 Å². The Kier molecular flexibility index (Phi) is 3.78. The minimum Gasteiger partial charge on any atom is -0.225 e. The van der Waals surface area contributed by atoms with Crippen molar-refractivity contribution < 1.29 is 8.42 Å². The molecule has 0 unspecified atom stereocenters. The van der Waals surface area contributed by atoms with Crippen LogP contribution in [0.5, 0.6) is 0 Å². The molecule has 15 heavy (non-hydrogen) atoms. The quantitative estimate of drug-likeness (QED) is 0.587. The Labute approximate surface area is 93.5 Å². The van der Waals surface area contributed by atoms with Crippen LogP contribution in [0.1, 0.15) is 0 Å². The predicted octanol–water partition coefficient (Wildman–Crippen LogP) is 0.936. The Morgan fingerprint density at radius 2 is 2.07 bits per heavy atom. The largest absolute Gasteiger partial charge is 0.246 e. The lowest BCUT2D eigenvalue weighted by atomic mass is 10.6. The van der Waals surface area contributed by atoms with Crippen molar-refractivity contribution in [2.75, 3.05) is 13.6 Å². The van der Waals surface area contributed by atoms with Gasteiger partial charge in [-0.25, -0.2) is 18.4 Å². The van der Waals surface area contributed by atoms with Crippen molar-refractivity contribution in [3.63, 3.8) is 0 Å². The van der Waals surface area contributed by atoms with E-state index in [1.54, 1.807) is 0 Å². The average Bonchev–Trinajstić information content (AvgIpc) is 2.18.